The van der Waals surface area contributed by atoms with E-state index in [4.69, 9.17) is 0 Å². The molecule has 0 unspecified atom stereocenters. The molecule has 25 heavy (non-hydrogen) atoms. The fourth-order valence-corrected chi connectivity index (χ4v) is 3.55. The number of carbonyl (C=O) groups is 2. The second-order valence-electron chi connectivity index (χ2n) is 5.98. The molecule has 2 aromatic rings. The number of amides is 1. The minimum atomic E-state index is -0.453. The zero-order chi connectivity index (χ0) is 17.6. The van der Waals surface area contributed by atoms with Gasteiger partial charge in [0.05, 0.1) is 12.7 Å². The first-order chi connectivity index (χ1) is 12.2. The van der Waals surface area contributed by atoms with Crippen LogP contribution in [0.1, 0.15) is 32.8 Å². The van der Waals surface area contributed by atoms with Crippen LogP contribution in [-0.2, 0) is 11.3 Å². The summed E-state index contributed by atoms with van der Waals surface area (Å²) in [5.74, 6) is -0.542. The van der Waals surface area contributed by atoms with E-state index in [1.165, 1.54) is 18.9 Å². The highest BCUT2D eigenvalue weighted by atomic mass is 32.1. The number of ether oxygens (including phenoxy) is 1. The van der Waals surface area contributed by atoms with Gasteiger partial charge in [-0.1, -0.05) is 0 Å². The maximum absolute atomic E-state index is 12.7. The number of nitrogens with zero attached hydrogens (tertiary/aromatic N) is 3. The highest BCUT2D eigenvalue weighted by Crippen LogP contribution is 2.13. The number of carbonyl (C=O) groups excluding carboxylic acids is 2. The van der Waals surface area contributed by atoms with Crippen LogP contribution >= 0.6 is 11.3 Å². The molecule has 0 spiro atoms. The summed E-state index contributed by atoms with van der Waals surface area (Å²) in [4.78, 5) is 32.5. The van der Waals surface area contributed by atoms with Crippen LogP contribution in [0, 0.1) is 0 Å². The van der Waals surface area contributed by atoms with Crippen LogP contribution < -0.4 is 0 Å². The Morgan fingerprint density at radius 2 is 2.08 bits per heavy atom. The van der Waals surface area contributed by atoms with Crippen molar-refractivity contribution in [2.45, 2.75) is 13.0 Å². The van der Waals surface area contributed by atoms with Crippen molar-refractivity contribution in [3.8, 4) is 0 Å². The number of esters is 1. The molecular formula is C18H21N3O3S. The third kappa shape index (κ3) is 4.43. The molecule has 0 N–H and O–H groups in total. The van der Waals surface area contributed by atoms with Gasteiger partial charge in [-0.2, -0.15) is 11.3 Å². The van der Waals surface area contributed by atoms with Gasteiger partial charge in [-0.25, -0.2) is 4.79 Å². The van der Waals surface area contributed by atoms with Gasteiger partial charge in [0.15, 0.2) is 0 Å². The van der Waals surface area contributed by atoms with Gasteiger partial charge in [0.1, 0.15) is 5.69 Å². The minimum absolute atomic E-state index is 0.0891. The fraction of sp³-hybridized carbons (Fsp3) is 0.389. The van der Waals surface area contributed by atoms with E-state index >= 15 is 0 Å². The molecule has 0 aliphatic carbocycles. The Balaban J connectivity index is 1.60. The first-order valence-electron chi connectivity index (χ1n) is 8.24. The molecule has 1 fully saturated rings. The van der Waals surface area contributed by atoms with Crippen LogP contribution in [0.25, 0.3) is 0 Å². The SMILES string of the molecule is COC(=O)c1ccc(C(=O)N2CCCN(Cc3ccsc3)CC2)nc1. The number of methoxy groups -OCH3 is 1. The standard InChI is InChI=1S/C18H21N3O3S/c1-24-18(23)15-3-4-16(19-11-15)17(22)21-7-2-6-20(8-9-21)12-14-5-10-25-13-14/h3-5,10-11,13H,2,6-9,12H2,1H3. The lowest BCUT2D eigenvalue weighted by Crippen LogP contribution is -2.35. The molecule has 1 amide bonds. The van der Waals surface area contributed by atoms with Crippen LogP contribution in [0.4, 0.5) is 0 Å². The quantitative estimate of drug-likeness (QED) is 0.784. The highest BCUT2D eigenvalue weighted by Gasteiger charge is 2.21. The Morgan fingerprint density at radius 3 is 2.76 bits per heavy atom. The summed E-state index contributed by atoms with van der Waals surface area (Å²) in [5.41, 5.74) is 2.03. The molecule has 1 saturated heterocycles. The lowest BCUT2D eigenvalue weighted by Gasteiger charge is -2.21. The average molecular weight is 359 g/mol. The van der Waals surface area contributed by atoms with Gasteiger partial charge in [-0.3, -0.25) is 14.7 Å². The Kier molecular flexibility index (Phi) is 5.78. The summed E-state index contributed by atoms with van der Waals surface area (Å²) in [6, 6.07) is 5.31. The molecule has 3 heterocycles. The molecule has 3 rings (SSSR count). The number of rotatable bonds is 4. The number of aromatic nitrogens is 1. The maximum Gasteiger partial charge on any atom is 0.339 e. The average Bonchev–Trinajstić information content (AvgIpc) is 3.05. The Morgan fingerprint density at radius 1 is 1.20 bits per heavy atom. The molecule has 0 aromatic carbocycles. The Hall–Kier alpha value is -2.25. The molecule has 132 valence electrons. The fourth-order valence-electron chi connectivity index (χ4n) is 2.89. The molecule has 1 aliphatic heterocycles. The Bertz CT molecular complexity index is 716. The monoisotopic (exact) mass is 359 g/mol. The van der Waals surface area contributed by atoms with Crippen LogP contribution in [-0.4, -0.2) is 59.9 Å². The zero-order valence-corrected chi connectivity index (χ0v) is 15.0. The molecule has 0 saturated carbocycles. The highest BCUT2D eigenvalue weighted by molar-refractivity contribution is 7.07. The normalized spacial score (nSPS) is 15.6. The van der Waals surface area contributed by atoms with Crippen molar-refractivity contribution in [2.75, 3.05) is 33.3 Å². The van der Waals surface area contributed by atoms with Gasteiger partial charge in [-0.15, -0.1) is 0 Å². The molecular weight excluding hydrogens is 338 g/mol. The van der Waals surface area contributed by atoms with Crippen LogP contribution in [0.5, 0.6) is 0 Å². The Labute approximate surface area is 151 Å². The van der Waals surface area contributed by atoms with Crippen molar-refractivity contribution < 1.29 is 14.3 Å². The van der Waals surface area contributed by atoms with E-state index in [0.717, 1.165) is 32.6 Å². The van der Waals surface area contributed by atoms with E-state index in [1.807, 2.05) is 4.90 Å². The van der Waals surface area contributed by atoms with Gasteiger partial charge in [0.2, 0.25) is 0 Å². The summed E-state index contributed by atoms with van der Waals surface area (Å²) < 4.78 is 4.65. The summed E-state index contributed by atoms with van der Waals surface area (Å²) in [6.07, 6.45) is 2.33. The third-order valence-corrected chi connectivity index (χ3v) is 5.00. The van der Waals surface area contributed by atoms with E-state index in [2.05, 4.69) is 31.4 Å². The van der Waals surface area contributed by atoms with E-state index in [9.17, 15) is 9.59 Å². The van der Waals surface area contributed by atoms with Crippen molar-refractivity contribution >= 4 is 23.2 Å². The van der Waals surface area contributed by atoms with E-state index < -0.39 is 5.97 Å². The number of thiophene rings is 1. The molecule has 7 heteroatoms. The summed E-state index contributed by atoms with van der Waals surface area (Å²) in [6.45, 7) is 4.16. The van der Waals surface area contributed by atoms with Gasteiger partial charge >= 0.3 is 5.97 Å². The number of hydrogen-bond donors (Lipinski definition) is 0. The van der Waals surface area contributed by atoms with E-state index in [0.29, 0.717) is 17.8 Å². The third-order valence-electron chi connectivity index (χ3n) is 4.27. The van der Waals surface area contributed by atoms with Crippen molar-refractivity contribution in [1.29, 1.82) is 0 Å². The largest absolute Gasteiger partial charge is 0.465 e. The number of hydrogen-bond acceptors (Lipinski definition) is 6. The predicted octanol–water partition coefficient (Wildman–Crippen LogP) is 2.28. The maximum atomic E-state index is 12.7. The minimum Gasteiger partial charge on any atom is -0.465 e. The van der Waals surface area contributed by atoms with E-state index in [1.54, 1.807) is 23.5 Å². The first kappa shape index (κ1) is 17.6. The lowest BCUT2D eigenvalue weighted by atomic mass is 10.2. The van der Waals surface area contributed by atoms with Crippen molar-refractivity contribution in [1.82, 2.24) is 14.8 Å². The van der Waals surface area contributed by atoms with Crippen molar-refractivity contribution in [3.05, 3.63) is 52.0 Å². The summed E-state index contributed by atoms with van der Waals surface area (Å²) in [5, 5.41) is 4.26. The lowest BCUT2D eigenvalue weighted by molar-refractivity contribution is 0.0599. The molecule has 2 aromatic heterocycles. The molecule has 0 atom stereocenters. The molecule has 6 nitrogen and oxygen atoms in total. The van der Waals surface area contributed by atoms with Crippen LogP contribution in [0.2, 0.25) is 0 Å². The van der Waals surface area contributed by atoms with Gasteiger partial charge in [0, 0.05) is 38.9 Å². The van der Waals surface area contributed by atoms with Gasteiger partial charge < -0.3 is 9.64 Å². The summed E-state index contributed by atoms with van der Waals surface area (Å²) >= 11 is 1.71. The molecule has 0 radical (unpaired) electrons. The van der Waals surface area contributed by atoms with Crippen molar-refractivity contribution in [3.63, 3.8) is 0 Å². The van der Waals surface area contributed by atoms with Crippen LogP contribution in [0.15, 0.2) is 35.2 Å². The van der Waals surface area contributed by atoms with Gasteiger partial charge in [0.25, 0.3) is 5.91 Å². The summed E-state index contributed by atoms with van der Waals surface area (Å²) in [7, 11) is 1.32. The molecule has 0 bridgehead atoms. The topological polar surface area (TPSA) is 62.7 Å². The molecule has 1 aliphatic rings. The smallest absolute Gasteiger partial charge is 0.339 e. The second kappa shape index (κ2) is 8.22. The predicted molar refractivity (Wildman–Crippen MR) is 95.7 cm³/mol. The first-order valence-corrected chi connectivity index (χ1v) is 9.18. The van der Waals surface area contributed by atoms with E-state index in [-0.39, 0.29) is 5.91 Å². The zero-order valence-electron chi connectivity index (χ0n) is 14.2. The van der Waals surface area contributed by atoms with Crippen LogP contribution in [0.3, 0.4) is 0 Å². The van der Waals surface area contributed by atoms with Crippen molar-refractivity contribution in [2.24, 2.45) is 0 Å². The second-order valence-corrected chi connectivity index (χ2v) is 6.76. The van der Waals surface area contributed by atoms with Gasteiger partial charge in [-0.05, 0) is 40.9 Å². The number of pyridine rings is 1.